The average Bonchev–Trinajstić information content (AvgIpc) is 2.41. The third-order valence-corrected chi connectivity index (χ3v) is 2.86. The van der Waals surface area contributed by atoms with E-state index in [2.05, 4.69) is 5.32 Å². The molecule has 0 aliphatic rings. The maximum absolute atomic E-state index is 13.0. The minimum atomic E-state index is -0.667. The Morgan fingerprint density at radius 3 is 2.65 bits per heavy atom. The second-order valence-corrected chi connectivity index (χ2v) is 4.53. The number of rotatable bonds is 4. The molecule has 0 aliphatic carbocycles. The van der Waals surface area contributed by atoms with E-state index in [1.165, 1.54) is 18.2 Å². The molecule has 104 valence electrons. The Balaban J connectivity index is 2.01. The zero-order valence-corrected chi connectivity index (χ0v) is 11.4. The summed E-state index contributed by atoms with van der Waals surface area (Å²) < 4.78 is 18.6. The minimum Gasteiger partial charge on any atom is -0.481 e. The predicted molar refractivity (Wildman–Crippen MR) is 76.3 cm³/mol. The van der Waals surface area contributed by atoms with E-state index in [0.29, 0.717) is 11.4 Å². The van der Waals surface area contributed by atoms with Crippen molar-refractivity contribution < 1.29 is 13.9 Å². The summed E-state index contributed by atoms with van der Waals surface area (Å²) in [4.78, 5) is 12.0. The molecule has 4 heteroatoms. The van der Waals surface area contributed by atoms with Gasteiger partial charge in [0, 0.05) is 5.69 Å². The fraction of sp³-hybridized carbons (Fsp3) is 0.188. The number of nitrogens with one attached hydrogen (secondary N) is 1. The van der Waals surface area contributed by atoms with Crippen LogP contribution in [0.25, 0.3) is 0 Å². The van der Waals surface area contributed by atoms with Crippen LogP contribution < -0.4 is 10.1 Å². The SMILES string of the molecule is Cc1ccccc1OC(C)C(=O)Nc1cccc(F)c1. The van der Waals surface area contributed by atoms with Crippen molar-refractivity contribution in [3.8, 4) is 5.75 Å². The third-order valence-electron chi connectivity index (χ3n) is 2.86. The van der Waals surface area contributed by atoms with Crippen molar-refractivity contribution in [2.75, 3.05) is 5.32 Å². The van der Waals surface area contributed by atoms with Gasteiger partial charge in [-0.1, -0.05) is 24.3 Å². The molecule has 0 saturated carbocycles. The molecule has 2 aromatic carbocycles. The highest BCUT2D eigenvalue weighted by Crippen LogP contribution is 2.18. The molecule has 2 rings (SSSR count). The summed E-state index contributed by atoms with van der Waals surface area (Å²) in [7, 11) is 0. The topological polar surface area (TPSA) is 38.3 Å². The monoisotopic (exact) mass is 273 g/mol. The number of hydrogen-bond donors (Lipinski definition) is 1. The van der Waals surface area contributed by atoms with Crippen LogP contribution in [-0.2, 0) is 4.79 Å². The number of carbonyl (C=O) groups is 1. The number of para-hydroxylation sites is 1. The molecule has 0 spiro atoms. The zero-order valence-electron chi connectivity index (χ0n) is 11.4. The van der Waals surface area contributed by atoms with Gasteiger partial charge >= 0.3 is 0 Å². The van der Waals surface area contributed by atoms with E-state index in [1.54, 1.807) is 19.1 Å². The standard InChI is InChI=1S/C16H16FNO2/c1-11-6-3-4-9-15(11)20-12(2)16(19)18-14-8-5-7-13(17)10-14/h3-10,12H,1-2H3,(H,18,19). The summed E-state index contributed by atoms with van der Waals surface area (Å²) in [5, 5.41) is 2.62. The first-order chi connectivity index (χ1) is 9.56. The molecule has 2 aromatic rings. The van der Waals surface area contributed by atoms with Crippen molar-refractivity contribution in [1.82, 2.24) is 0 Å². The zero-order chi connectivity index (χ0) is 14.5. The van der Waals surface area contributed by atoms with Crippen LogP contribution in [-0.4, -0.2) is 12.0 Å². The van der Waals surface area contributed by atoms with Crippen LogP contribution >= 0.6 is 0 Å². The summed E-state index contributed by atoms with van der Waals surface area (Å²) in [6.07, 6.45) is -0.667. The first-order valence-electron chi connectivity index (χ1n) is 6.35. The van der Waals surface area contributed by atoms with Crippen molar-refractivity contribution in [1.29, 1.82) is 0 Å². The number of aryl methyl sites for hydroxylation is 1. The lowest BCUT2D eigenvalue weighted by atomic mass is 10.2. The molecular weight excluding hydrogens is 257 g/mol. The van der Waals surface area contributed by atoms with Gasteiger partial charge in [0.1, 0.15) is 11.6 Å². The summed E-state index contributed by atoms with van der Waals surface area (Å²) >= 11 is 0. The Labute approximate surface area is 117 Å². The van der Waals surface area contributed by atoms with Crippen LogP contribution in [0.5, 0.6) is 5.75 Å². The van der Waals surface area contributed by atoms with Crippen molar-refractivity contribution in [3.05, 3.63) is 59.9 Å². The molecule has 1 amide bonds. The normalized spacial score (nSPS) is 11.8. The second-order valence-electron chi connectivity index (χ2n) is 4.53. The van der Waals surface area contributed by atoms with Gasteiger partial charge in [-0.2, -0.15) is 0 Å². The maximum atomic E-state index is 13.0. The van der Waals surface area contributed by atoms with E-state index < -0.39 is 11.9 Å². The van der Waals surface area contributed by atoms with Gasteiger partial charge in [-0.05, 0) is 43.7 Å². The number of amides is 1. The van der Waals surface area contributed by atoms with Gasteiger partial charge in [-0.3, -0.25) is 4.79 Å². The molecule has 0 aliphatic heterocycles. The van der Waals surface area contributed by atoms with Gasteiger partial charge in [-0.15, -0.1) is 0 Å². The predicted octanol–water partition coefficient (Wildman–Crippen LogP) is 3.54. The largest absolute Gasteiger partial charge is 0.481 e. The number of anilines is 1. The molecule has 0 aromatic heterocycles. The lowest BCUT2D eigenvalue weighted by Crippen LogP contribution is -2.30. The van der Waals surface area contributed by atoms with Gasteiger partial charge in [0.25, 0.3) is 5.91 Å². The summed E-state index contributed by atoms with van der Waals surface area (Å²) in [5.74, 6) is -0.0523. The smallest absolute Gasteiger partial charge is 0.265 e. The lowest BCUT2D eigenvalue weighted by molar-refractivity contribution is -0.122. The molecule has 0 radical (unpaired) electrons. The molecule has 1 unspecified atom stereocenters. The first kappa shape index (κ1) is 14.1. The van der Waals surface area contributed by atoms with Gasteiger partial charge < -0.3 is 10.1 Å². The summed E-state index contributed by atoms with van der Waals surface area (Å²) in [5.41, 5.74) is 1.37. The van der Waals surface area contributed by atoms with Gasteiger partial charge in [-0.25, -0.2) is 4.39 Å². The second kappa shape index (κ2) is 6.19. The Morgan fingerprint density at radius 1 is 1.20 bits per heavy atom. The van der Waals surface area contributed by atoms with E-state index in [0.717, 1.165) is 5.56 Å². The van der Waals surface area contributed by atoms with Crippen molar-refractivity contribution >= 4 is 11.6 Å². The molecule has 3 nitrogen and oxygen atoms in total. The van der Waals surface area contributed by atoms with Crippen LogP contribution in [0.4, 0.5) is 10.1 Å². The van der Waals surface area contributed by atoms with Gasteiger partial charge in [0.05, 0.1) is 0 Å². The molecule has 1 atom stereocenters. The number of benzene rings is 2. The van der Waals surface area contributed by atoms with Crippen LogP contribution in [0.2, 0.25) is 0 Å². The maximum Gasteiger partial charge on any atom is 0.265 e. The molecular formula is C16H16FNO2. The Morgan fingerprint density at radius 2 is 1.95 bits per heavy atom. The number of ether oxygens (including phenoxy) is 1. The van der Waals surface area contributed by atoms with E-state index in [-0.39, 0.29) is 5.91 Å². The van der Waals surface area contributed by atoms with E-state index in [9.17, 15) is 9.18 Å². The summed E-state index contributed by atoms with van der Waals surface area (Å²) in [6, 6.07) is 13.2. The van der Waals surface area contributed by atoms with E-state index >= 15 is 0 Å². The van der Waals surface area contributed by atoms with Crippen LogP contribution in [0.3, 0.4) is 0 Å². The quantitative estimate of drug-likeness (QED) is 0.925. The lowest BCUT2D eigenvalue weighted by Gasteiger charge is -2.16. The molecule has 1 N–H and O–H groups in total. The fourth-order valence-corrected chi connectivity index (χ4v) is 1.74. The van der Waals surface area contributed by atoms with E-state index in [4.69, 9.17) is 4.74 Å². The first-order valence-corrected chi connectivity index (χ1v) is 6.35. The Kier molecular flexibility index (Phi) is 4.35. The van der Waals surface area contributed by atoms with Crippen molar-refractivity contribution in [3.63, 3.8) is 0 Å². The number of halogens is 1. The van der Waals surface area contributed by atoms with Crippen molar-refractivity contribution in [2.45, 2.75) is 20.0 Å². The third kappa shape index (κ3) is 3.57. The highest BCUT2D eigenvalue weighted by molar-refractivity contribution is 5.94. The van der Waals surface area contributed by atoms with E-state index in [1.807, 2.05) is 25.1 Å². The fourth-order valence-electron chi connectivity index (χ4n) is 1.74. The molecule has 0 fully saturated rings. The van der Waals surface area contributed by atoms with Gasteiger partial charge in [0.15, 0.2) is 6.10 Å². The molecule has 0 heterocycles. The molecule has 20 heavy (non-hydrogen) atoms. The minimum absolute atomic E-state index is 0.321. The van der Waals surface area contributed by atoms with Crippen LogP contribution in [0.15, 0.2) is 48.5 Å². The Bertz CT molecular complexity index is 613. The Hall–Kier alpha value is -2.36. The number of hydrogen-bond acceptors (Lipinski definition) is 2. The van der Waals surface area contributed by atoms with Crippen molar-refractivity contribution in [2.24, 2.45) is 0 Å². The molecule has 0 bridgehead atoms. The number of carbonyl (C=O) groups excluding carboxylic acids is 1. The van der Waals surface area contributed by atoms with Crippen LogP contribution in [0, 0.1) is 12.7 Å². The highest BCUT2D eigenvalue weighted by atomic mass is 19.1. The van der Waals surface area contributed by atoms with Gasteiger partial charge in [0.2, 0.25) is 0 Å². The average molecular weight is 273 g/mol. The summed E-state index contributed by atoms with van der Waals surface area (Å²) in [6.45, 7) is 3.56. The van der Waals surface area contributed by atoms with Crippen LogP contribution in [0.1, 0.15) is 12.5 Å². The molecule has 0 saturated heterocycles. The highest BCUT2D eigenvalue weighted by Gasteiger charge is 2.15.